The number of halogens is 2. The summed E-state index contributed by atoms with van der Waals surface area (Å²) in [6, 6.07) is 0.0783. The number of amides is 2. The van der Waals surface area contributed by atoms with Crippen molar-refractivity contribution in [1.82, 2.24) is 0 Å². The van der Waals surface area contributed by atoms with Gasteiger partial charge < -0.3 is 10.4 Å². The average molecular weight is 490 g/mol. The van der Waals surface area contributed by atoms with Crippen LogP contribution in [0.25, 0.3) is 0 Å². The van der Waals surface area contributed by atoms with Crippen LogP contribution in [0.1, 0.15) is 53.8 Å². The highest BCUT2D eigenvalue weighted by atomic mass is 32.2. The third-order valence-corrected chi connectivity index (χ3v) is 8.89. The summed E-state index contributed by atoms with van der Waals surface area (Å²) >= 11 is 0.715. The Balaban J connectivity index is 0.00000272. The second-order valence-corrected chi connectivity index (χ2v) is 11.2. The van der Waals surface area contributed by atoms with Gasteiger partial charge in [-0.15, -0.1) is 15.7 Å². The van der Waals surface area contributed by atoms with E-state index in [0.717, 1.165) is 30.0 Å². The molecule has 170 valence electrons. The van der Waals surface area contributed by atoms with E-state index >= 15 is 0 Å². The van der Waals surface area contributed by atoms with Crippen molar-refractivity contribution in [3.05, 3.63) is 44.8 Å². The van der Waals surface area contributed by atoms with Crippen molar-refractivity contribution in [1.29, 1.82) is 0 Å². The number of fused-ring (bicyclic) bond motifs is 2. The first-order valence-electron chi connectivity index (χ1n) is 9.72. The maximum Gasteiger partial charge on any atom is 0.354 e. The normalized spacial score (nSPS) is 16.8. The highest BCUT2D eigenvalue weighted by Crippen LogP contribution is 2.41. The first kappa shape index (κ1) is 24.1. The van der Waals surface area contributed by atoms with Crippen LogP contribution in [0.4, 0.5) is 19.3 Å². The first-order chi connectivity index (χ1) is 14.0. The lowest BCUT2D eigenvalue weighted by atomic mass is 9.98. The van der Waals surface area contributed by atoms with Gasteiger partial charge in [-0.2, -0.15) is 13.5 Å². The third-order valence-electron chi connectivity index (χ3n) is 5.54. The summed E-state index contributed by atoms with van der Waals surface area (Å²) in [7, 11) is -3.86. The van der Waals surface area contributed by atoms with Crippen LogP contribution >= 0.6 is 24.8 Å². The zero-order valence-electron chi connectivity index (χ0n) is 17.2. The van der Waals surface area contributed by atoms with Gasteiger partial charge in [-0.3, -0.25) is 0 Å². The minimum atomic E-state index is -3.86. The number of anilines is 1. The Hall–Kier alpha value is -1.53. The summed E-state index contributed by atoms with van der Waals surface area (Å²) in [6.07, 6.45) is 4.10. The van der Waals surface area contributed by atoms with Crippen molar-refractivity contribution in [2.75, 3.05) is 5.32 Å². The highest BCUT2D eigenvalue weighted by molar-refractivity contribution is 7.93. The maximum absolute atomic E-state index is 14.8. The van der Waals surface area contributed by atoms with Gasteiger partial charge in [0.25, 0.3) is 0 Å². The Kier molecular flexibility index (Phi) is 6.56. The molecule has 1 heterocycles. The number of thiophene rings is 1. The van der Waals surface area contributed by atoms with Gasteiger partial charge in [0.2, 0.25) is 0 Å². The summed E-state index contributed by atoms with van der Waals surface area (Å²) in [4.78, 5) is 12.8. The molecule has 2 aromatic rings. The van der Waals surface area contributed by atoms with Crippen LogP contribution in [0.15, 0.2) is 14.6 Å². The van der Waals surface area contributed by atoms with Crippen molar-refractivity contribution in [3.8, 4) is 0 Å². The molecule has 6 nitrogen and oxygen atoms in total. The van der Waals surface area contributed by atoms with E-state index < -0.39 is 31.6 Å². The number of carbonyl (C=O) groups is 1. The van der Waals surface area contributed by atoms with Crippen molar-refractivity contribution < 1.29 is 22.9 Å². The summed E-state index contributed by atoms with van der Waals surface area (Å²) in [5.74, 6) is -1.06. The van der Waals surface area contributed by atoms with E-state index in [1.807, 2.05) is 0 Å². The lowest BCUT2D eigenvalue weighted by Crippen LogP contribution is -2.19. The molecule has 11 heteroatoms. The van der Waals surface area contributed by atoms with Crippen molar-refractivity contribution in [3.63, 3.8) is 0 Å². The Morgan fingerprint density at radius 3 is 2.16 bits per heavy atom. The van der Waals surface area contributed by atoms with Crippen LogP contribution in [0.5, 0.6) is 0 Å². The number of carbonyl (C=O) groups excluding carboxylic acids is 1. The Morgan fingerprint density at radius 2 is 1.68 bits per heavy atom. The van der Waals surface area contributed by atoms with Gasteiger partial charge in [0.1, 0.15) is 5.82 Å². The zero-order valence-corrected chi connectivity index (χ0v) is 19.8. The SMILES string of the molecule is CC(C)(O)c1cc(F)c(S(N)(=O)=NC(=O)Nc2c3c(c(F)c4c2CCC4)CCC3)s1.S. The van der Waals surface area contributed by atoms with Crippen LogP contribution in [0.3, 0.4) is 0 Å². The summed E-state index contributed by atoms with van der Waals surface area (Å²) in [6.45, 7) is 2.92. The highest BCUT2D eigenvalue weighted by Gasteiger charge is 2.30. The molecule has 4 N–H and O–H groups in total. The molecule has 2 aliphatic rings. The van der Waals surface area contributed by atoms with E-state index in [9.17, 15) is 22.9 Å². The fourth-order valence-corrected chi connectivity index (χ4v) is 6.53. The molecule has 0 spiro atoms. The Morgan fingerprint density at radius 1 is 1.16 bits per heavy atom. The lowest BCUT2D eigenvalue weighted by molar-refractivity contribution is 0.0823. The van der Waals surface area contributed by atoms with Crippen LogP contribution < -0.4 is 10.5 Å². The number of benzene rings is 1. The van der Waals surface area contributed by atoms with E-state index in [0.29, 0.717) is 53.8 Å². The molecule has 1 atom stereocenters. The fraction of sp³-hybridized carbons (Fsp3) is 0.450. The average Bonchev–Trinajstić information content (AvgIpc) is 3.36. The van der Waals surface area contributed by atoms with Crippen molar-refractivity contribution >= 4 is 46.5 Å². The van der Waals surface area contributed by atoms with E-state index in [1.165, 1.54) is 13.8 Å². The molecule has 1 unspecified atom stereocenters. The number of nitrogens with zero attached hydrogens (tertiary/aromatic N) is 1. The van der Waals surface area contributed by atoms with Crippen LogP contribution in [-0.2, 0) is 41.2 Å². The maximum atomic E-state index is 14.8. The zero-order chi connectivity index (χ0) is 21.8. The van der Waals surface area contributed by atoms with E-state index in [2.05, 4.69) is 9.68 Å². The van der Waals surface area contributed by atoms with E-state index in [-0.39, 0.29) is 24.2 Å². The molecular weight excluding hydrogens is 464 g/mol. The number of nitrogens with one attached hydrogen (secondary N) is 1. The standard InChI is InChI=1S/C20H23F2N3O3S2.H2S/c1-20(2,27)15-9-14(21)18(29-15)30(23,28)25-19(26)24-17-12-7-3-5-10(12)16(22)11-6-4-8-13(11)17;/h9,27H,3-8H2,1-2H3,(H3,23,24,25,26,28);1H2. The molecule has 0 fully saturated rings. The smallest absolute Gasteiger partial charge is 0.354 e. The predicted molar refractivity (Wildman–Crippen MR) is 122 cm³/mol. The number of rotatable bonds is 3. The largest absolute Gasteiger partial charge is 0.385 e. The monoisotopic (exact) mass is 489 g/mol. The minimum Gasteiger partial charge on any atom is -0.385 e. The minimum absolute atomic E-state index is 0. The second-order valence-electron chi connectivity index (χ2n) is 8.21. The summed E-state index contributed by atoms with van der Waals surface area (Å²) in [5, 5.41) is 18.4. The van der Waals surface area contributed by atoms with Crippen LogP contribution in [0.2, 0.25) is 0 Å². The van der Waals surface area contributed by atoms with Crippen molar-refractivity contribution in [2.24, 2.45) is 9.50 Å². The molecule has 31 heavy (non-hydrogen) atoms. The molecule has 0 aliphatic heterocycles. The molecule has 2 aliphatic carbocycles. The number of nitrogens with two attached hydrogens (primary N) is 1. The van der Waals surface area contributed by atoms with Crippen LogP contribution in [-0.4, -0.2) is 15.3 Å². The molecule has 1 aromatic carbocycles. The molecule has 0 saturated heterocycles. The fourth-order valence-electron chi connectivity index (χ4n) is 4.19. The number of hydrogen-bond acceptors (Lipinski definition) is 4. The third kappa shape index (κ3) is 4.38. The molecule has 4 rings (SSSR count). The lowest BCUT2D eigenvalue weighted by Gasteiger charge is -2.16. The topological polar surface area (TPSA) is 105 Å². The van der Waals surface area contributed by atoms with E-state index in [4.69, 9.17) is 5.14 Å². The first-order valence-corrected chi connectivity index (χ1v) is 12.1. The van der Waals surface area contributed by atoms with Gasteiger partial charge in [0.05, 0.1) is 5.60 Å². The number of urea groups is 1. The Bertz CT molecular complexity index is 1140. The molecule has 0 saturated carbocycles. The molecule has 1 aromatic heterocycles. The molecular formula is C20H25F2N3O3S3. The van der Waals surface area contributed by atoms with Gasteiger partial charge >= 0.3 is 6.03 Å². The van der Waals surface area contributed by atoms with Gasteiger partial charge in [0, 0.05) is 10.6 Å². The van der Waals surface area contributed by atoms with Gasteiger partial charge in [-0.1, -0.05) is 0 Å². The quantitative estimate of drug-likeness (QED) is 0.599. The number of aliphatic hydroxyl groups is 1. The van der Waals surface area contributed by atoms with Gasteiger partial charge in [-0.25, -0.2) is 22.9 Å². The summed E-state index contributed by atoms with van der Waals surface area (Å²) in [5.41, 5.74) is 1.94. The van der Waals surface area contributed by atoms with Gasteiger partial charge in [0.15, 0.2) is 19.9 Å². The predicted octanol–water partition coefficient (Wildman–Crippen LogP) is 4.28. The molecule has 0 bridgehead atoms. The number of hydrogen-bond donors (Lipinski definition) is 3. The molecule has 2 amide bonds. The second kappa shape index (κ2) is 8.43. The summed E-state index contributed by atoms with van der Waals surface area (Å²) < 4.78 is 45.1. The Labute approximate surface area is 191 Å². The van der Waals surface area contributed by atoms with Crippen LogP contribution in [0, 0.1) is 11.6 Å². The van der Waals surface area contributed by atoms with E-state index in [1.54, 1.807) is 0 Å². The molecule has 0 radical (unpaired) electrons. The van der Waals surface area contributed by atoms with Gasteiger partial charge in [-0.05, 0) is 80.7 Å². The van der Waals surface area contributed by atoms with Crippen molar-refractivity contribution in [2.45, 2.75) is 62.2 Å².